The zero-order chi connectivity index (χ0) is 13.9. The van der Waals surface area contributed by atoms with Crippen LogP contribution < -0.4 is 0 Å². The second-order valence-corrected chi connectivity index (χ2v) is 5.40. The lowest BCUT2D eigenvalue weighted by Gasteiger charge is -2.24. The van der Waals surface area contributed by atoms with Gasteiger partial charge in [-0.2, -0.15) is 0 Å². The summed E-state index contributed by atoms with van der Waals surface area (Å²) in [4.78, 5) is 12.1. The molecule has 1 atom stereocenters. The number of hydrogen-bond acceptors (Lipinski definition) is 2. The number of aryl methyl sites for hydroxylation is 2. The summed E-state index contributed by atoms with van der Waals surface area (Å²) in [5.41, 5.74) is 4.47. The molecule has 0 amide bonds. The van der Waals surface area contributed by atoms with Gasteiger partial charge in [0.1, 0.15) is 6.10 Å². The van der Waals surface area contributed by atoms with Crippen LogP contribution in [0.3, 0.4) is 0 Å². The van der Waals surface area contributed by atoms with Gasteiger partial charge in [-0.05, 0) is 43.0 Å². The molecule has 0 N–H and O–H groups in total. The van der Waals surface area contributed by atoms with E-state index in [4.69, 9.17) is 4.74 Å². The molecule has 0 heterocycles. The lowest BCUT2D eigenvalue weighted by molar-refractivity contribution is 0.0271. The van der Waals surface area contributed by atoms with Gasteiger partial charge < -0.3 is 4.74 Å². The van der Waals surface area contributed by atoms with Gasteiger partial charge in [-0.1, -0.05) is 42.0 Å². The molecule has 1 aliphatic carbocycles. The van der Waals surface area contributed by atoms with Gasteiger partial charge in [0, 0.05) is 6.42 Å². The van der Waals surface area contributed by atoms with Crippen LogP contribution in [0.2, 0.25) is 0 Å². The first-order chi connectivity index (χ1) is 9.72. The second kappa shape index (κ2) is 5.49. The fourth-order valence-electron chi connectivity index (χ4n) is 2.67. The zero-order valence-electron chi connectivity index (χ0n) is 11.6. The Kier molecular flexibility index (Phi) is 3.55. The second-order valence-electron chi connectivity index (χ2n) is 5.40. The Labute approximate surface area is 119 Å². The molecule has 0 aromatic heterocycles. The standard InChI is InChI=1S/C18H18O2/c1-13-6-8-15(9-7-13)18(19)20-17-11-10-14-4-2-3-5-16(14)12-17/h2-9,17H,10-12H2,1H3/t17-/m0/s1. The molecule has 2 nitrogen and oxygen atoms in total. The Morgan fingerprint density at radius 1 is 1.05 bits per heavy atom. The summed E-state index contributed by atoms with van der Waals surface area (Å²) in [6.45, 7) is 2.01. The highest BCUT2D eigenvalue weighted by molar-refractivity contribution is 5.89. The molecule has 2 heteroatoms. The van der Waals surface area contributed by atoms with Crippen LogP contribution in [0.5, 0.6) is 0 Å². The predicted molar refractivity (Wildman–Crippen MR) is 78.8 cm³/mol. The molecule has 3 rings (SSSR count). The fourth-order valence-corrected chi connectivity index (χ4v) is 2.67. The topological polar surface area (TPSA) is 26.3 Å². The quantitative estimate of drug-likeness (QED) is 0.775. The third-order valence-corrected chi connectivity index (χ3v) is 3.86. The summed E-state index contributed by atoms with van der Waals surface area (Å²) >= 11 is 0. The molecule has 2 aromatic rings. The molecule has 0 saturated heterocycles. The van der Waals surface area contributed by atoms with Gasteiger partial charge in [0.05, 0.1) is 5.56 Å². The van der Waals surface area contributed by atoms with E-state index in [0.717, 1.165) is 24.8 Å². The molecule has 20 heavy (non-hydrogen) atoms. The van der Waals surface area contributed by atoms with Gasteiger partial charge in [-0.3, -0.25) is 0 Å². The van der Waals surface area contributed by atoms with Crippen molar-refractivity contribution in [2.45, 2.75) is 32.3 Å². The number of benzene rings is 2. The van der Waals surface area contributed by atoms with Crippen LogP contribution in [-0.4, -0.2) is 12.1 Å². The summed E-state index contributed by atoms with van der Waals surface area (Å²) in [5.74, 6) is -0.214. The van der Waals surface area contributed by atoms with Gasteiger partial charge in [-0.25, -0.2) is 4.79 Å². The highest BCUT2D eigenvalue weighted by atomic mass is 16.5. The third-order valence-electron chi connectivity index (χ3n) is 3.86. The molecule has 0 radical (unpaired) electrons. The summed E-state index contributed by atoms with van der Waals surface area (Å²) < 4.78 is 5.64. The number of hydrogen-bond donors (Lipinski definition) is 0. The van der Waals surface area contributed by atoms with Gasteiger partial charge >= 0.3 is 5.97 Å². The number of carbonyl (C=O) groups is 1. The average molecular weight is 266 g/mol. The molecular weight excluding hydrogens is 248 g/mol. The van der Waals surface area contributed by atoms with E-state index in [9.17, 15) is 4.79 Å². The Hall–Kier alpha value is -2.09. The number of ether oxygens (including phenoxy) is 1. The largest absolute Gasteiger partial charge is 0.458 e. The van der Waals surface area contributed by atoms with Crippen molar-refractivity contribution >= 4 is 5.97 Å². The van der Waals surface area contributed by atoms with Crippen LogP contribution in [0.1, 0.15) is 33.5 Å². The highest BCUT2D eigenvalue weighted by Gasteiger charge is 2.22. The first-order valence-corrected chi connectivity index (χ1v) is 7.07. The summed E-state index contributed by atoms with van der Waals surface area (Å²) in [7, 11) is 0. The first kappa shape index (κ1) is 12.9. The molecule has 0 spiro atoms. The summed E-state index contributed by atoms with van der Waals surface area (Å²) in [5, 5.41) is 0. The van der Waals surface area contributed by atoms with Gasteiger partial charge in [0.25, 0.3) is 0 Å². The van der Waals surface area contributed by atoms with Crippen molar-refractivity contribution in [3.8, 4) is 0 Å². The van der Waals surface area contributed by atoms with Crippen LogP contribution in [0.4, 0.5) is 0 Å². The van der Waals surface area contributed by atoms with Crippen molar-refractivity contribution in [2.75, 3.05) is 0 Å². The normalized spacial score (nSPS) is 17.4. The van der Waals surface area contributed by atoms with Gasteiger partial charge in [0.15, 0.2) is 0 Å². The molecule has 1 aliphatic rings. The molecule has 0 fully saturated rings. The van der Waals surface area contributed by atoms with E-state index >= 15 is 0 Å². The lowest BCUT2D eigenvalue weighted by atomic mass is 9.90. The maximum absolute atomic E-state index is 12.1. The van der Waals surface area contributed by atoms with Gasteiger partial charge in [0.2, 0.25) is 0 Å². The van der Waals surface area contributed by atoms with E-state index in [-0.39, 0.29) is 12.1 Å². The van der Waals surface area contributed by atoms with Crippen molar-refractivity contribution in [2.24, 2.45) is 0 Å². The van der Waals surface area contributed by atoms with E-state index in [1.165, 1.54) is 11.1 Å². The smallest absolute Gasteiger partial charge is 0.338 e. The van der Waals surface area contributed by atoms with Crippen molar-refractivity contribution in [1.29, 1.82) is 0 Å². The van der Waals surface area contributed by atoms with Crippen LogP contribution in [0.15, 0.2) is 48.5 Å². The molecule has 102 valence electrons. The van der Waals surface area contributed by atoms with Crippen LogP contribution in [-0.2, 0) is 17.6 Å². The molecular formula is C18H18O2. The Bertz CT molecular complexity index is 614. The minimum atomic E-state index is -0.214. The van der Waals surface area contributed by atoms with E-state index in [1.54, 1.807) is 0 Å². The van der Waals surface area contributed by atoms with E-state index in [2.05, 4.69) is 18.2 Å². The Balaban J connectivity index is 1.67. The molecule has 0 aliphatic heterocycles. The van der Waals surface area contributed by atoms with Crippen molar-refractivity contribution in [3.63, 3.8) is 0 Å². The van der Waals surface area contributed by atoms with E-state index in [0.29, 0.717) is 5.56 Å². The minimum absolute atomic E-state index is 0.00120. The average Bonchev–Trinajstić information content (AvgIpc) is 2.48. The van der Waals surface area contributed by atoms with Crippen LogP contribution >= 0.6 is 0 Å². The number of rotatable bonds is 2. The molecule has 0 bridgehead atoms. The van der Waals surface area contributed by atoms with Crippen molar-refractivity contribution < 1.29 is 9.53 Å². The molecule has 0 unspecified atom stereocenters. The maximum atomic E-state index is 12.1. The highest BCUT2D eigenvalue weighted by Crippen LogP contribution is 2.23. The number of fused-ring (bicyclic) bond motifs is 1. The SMILES string of the molecule is Cc1ccc(C(=O)O[C@H]2CCc3ccccc3C2)cc1. The lowest BCUT2D eigenvalue weighted by Crippen LogP contribution is -2.25. The predicted octanol–water partition coefficient (Wildman–Crippen LogP) is 3.71. The fraction of sp³-hybridized carbons (Fsp3) is 0.278. The van der Waals surface area contributed by atoms with Gasteiger partial charge in [-0.15, -0.1) is 0 Å². The van der Waals surface area contributed by atoms with Crippen LogP contribution in [0, 0.1) is 6.92 Å². The molecule has 2 aromatic carbocycles. The Morgan fingerprint density at radius 3 is 2.50 bits per heavy atom. The van der Waals surface area contributed by atoms with E-state index < -0.39 is 0 Å². The maximum Gasteiger partial charge on any atom is 0.338 e. The third kappa shape index (κ3) is 2.74. The minimum Gasteiger partial charge on any atom is -0.458 e. The summed E-state index contributed by atoms with van der Waals surface area (Å²) in [6.07, 6.45) is 2.73. The zero-order valence-corrected chi connectivity index (χ0v) is 11.6. The summed E-state index contributed by atoms with van der Waals surface area (Å²) in [6, 6.07) is 15.9. The Morgan fingerprint density at radius 2 is 1.75 bits per heavy atom. The monoisotopic (exact) mass is 266 g/mol. The first-order valence-electron chi connectivity index (χ1n) is 7.07. The van der Waals surface area contributed by atoms with Crippen molar-refractivity contribution in [1.82, 2.24) is 0 Å². The van der Waals surface area contributed by atoms with E-state index in [1.807, 2.05) is 37.3 Å². The van der Waals surface area contributed by atoms with Crippen molar-refractivity contribution in [3.05, 3.63) is 70.8 Å². The number of esters is 1. The number of carbonyl (C=O) groups excluding carboxylic acids is 1. The van der Waals surface area contributed by atoms with Crippen LogP contribution in [0.25, 0.3) is 0 Å². The molecule has 0 saturated carbocycles.